The number of ether oxygens (including phenoxy) is 1. The fourth-order valence-corrected chi connectivity index (χ4v) is 3.37. The lowest BCUT2D eigenvalue weighted by atomic mass is 9.90. The second-order valence-electron chi connectivity index (χ2n) is 6.06. The molecule has 0 radical (unpaired) electrons. The highest BCUT2D eigenvalue weighted by Gasteiger charge is 2.42. The van der Waals surface area contributed by atoms with Crippen LogP contribution in [-0.2, 0) is 6.42 Å². The number of likely N-dealkylation sites (tertiary alicyclic amines) is 1. The number of hydrogen-bond acceptors (Lipinski definition) is 3. The van der Waals surface area contributed by atoms with Gasteiger partial charge in [-0.25, -0.2) is 0 Å². The smallest absolute Gasteiger partial charge is 0.123 e. The standard InChI is InChI=1S/C16H24N2O/c1-13-3-4-15-14(11-13)5-6-16(19-15)7-10-18(12-16)9-2-8-17/h3-4,11H,2,5-10,12,17H2,1H3. The number of nitrogens with two attached hydrogens (primary N) is 1. The van der Waals surface area contributed by atoms with Gasteiger partial charge in [-0.3, -0.25) is 4.90 Å². The third kappa shape index (κ3) is 2.63. The number of fused-ring (bicyclic) bond motifs is 1. The van der Waals surface area contributed by atoms with E-state index < -0.39 is 0 Å². The van der Waals surface area contributed by atoms with Crippen LogP contribution in [0, 0.1) is 6.92 Å². The third-order valence-corrected chi connectivity index (χ3v) is 4.47. The van der Waals surface area contributed by atoms with E-state index >= 15 is 0 Å². The van der Waals surface area contributed by atoms with Crippen molar-refractivity contribution in [2.75, 3.05) is 26.2 Å². The largest absolute Gasteiger partial charge is 0.486 e. The van der Waals surface area contributed by atoms with Gasteiger partial charge in [0.05, 0.1) is 0 Å². The van der Waals surface area contributed by atoms with E-state index in [1.165, 1.54) is 11.1 Å². The Kier molecular flexibility index (Phi) is 3.50. The Morgan fingerprint density at radius 3 is 3.11 bits per heavy atom. The number of rotatable bonds is 3. The normalized spacial score (nSPS) is 26.4. The van der Waals surface area contributed by atoms with Crippen LogP contribution in [0.25, 0.3) is 0 Å². The minimum absolute atomic E-state index is 0.0663. The maximum atomic E-state index is 6.37. The van der Waals surface area contributed by atoms with Gasteiger partial charge in [0.25, 0.3) is 0 Å². The minimum Gasteiger partial charge on any atom is -0.486 e. The maximum absolute atomic E-state index is 6.37. The quantitative estimate of drug-likeness (QED) is 0.904. The predicted octanol–water partition coefficient (Wildman–Crippen LogP) is 2.11. The van der Waals surface area contributed by atoms with E-state index in [4.69, 9.17) is 10.5 Å². The summed E-state index contributed by atoms with van der Waals surface area (Å²) in [5, 5.41) is 0. The molecule has 0 saturated carbocycles. The van der Waals surface area contributed by atoms with Crippen LogP contribution >= 0.6 is 0 Å². The van der Waals surface area contributed by atoms with E-state index in [0.717, 1.165) is 57.6 Å². The lowest BCUT2D eigenvalue weighted by Gasteiger charge is -2.36. The van der Waals surface area contributed by atoms with Gasteiger partial charge in [-0.1, -0.05) is 17.7 Å². The molecule has 0 bridgehead atoms. The summed E-state index contributed by atoms with van der Waals surface area (Å²) in [5.41, 5.74) is 8.37. The molecule has 0 aromatic heterocycles. The average molecular weight is 260 g/mol. The predicted molar refractivity (Wildman–Crippen MR) is 77.6 cm³/mol. The highest BCUT2D eigenvalue weighted by molar-refractivity contribution is 5.39. The Bertz CT molecular complexity index is 460. The third-order valence-electron chi connectivity index (χ3n) is 4.47. The first kappa shape index (κ1) is 12.9. The van der Waals surface area contributed by atoms with Crippen molar-refractivity contribution in [2.45, 2.75) is 38.2 Å². The zero-order valence-electron chi connectivity index (χ0n) is 11.8. The summed E-state index contributed by atoms with van der Waals surface area (Å²) in [5.74, 6) is 1.11. The summed E-state index contributed by atoms with van der Waals surface area (Å²) >= 11 is 0. The Morgan fingerprint density at radius 2 is 2.26 bits per heavy atom. The zero-order chi connectivity index (χ0) is 13.3. The summed E-state index contributed by atoms with van der Waals surface area (Å²) in [6, 6.07) is 6.57. The lowest BCUT2D eigenvalue weighted by molar-refractivity contribution is 0.0545. The summed E-state index contributed by atoms with van der Waals surface area (Å²) in [7, 11) is 0. The summed E-state index contributed by atoms with van der Waals surface area (Å²) in [6.45, 7) is 6.27. The minimum atomic E-state index is 0.0663. The monoisotopic (exact) mass is 260 g/mol. The van der Waals surface area contributed by atoms with Gasteiger partial charge in [0.1, 0.15) is 11.4 Å². The van der Waals surface area contributed by atoms with Crippen LogP contribution in [0.3, 0.4) is 0 Å². The second-order valence-corrected chi connectivity index (χ2v) is 6.06. The molecule has 1 fully saturated rings. The number of hydrogen-bond donors (Lipinski definition) is 1. The molecule has 2 aliphatic heterocycles. The van der Waals surface area contributed by atoms with Crippen molar-refractivity contribution in [1.82, 2.24) is 4.90 Å². The van der Waals surface area contributed by atoms with Crippen LogP contribution in [0.4, 0.5) is 0 Å². The molecule has 1 aromatic carbocycles. The van der Waals surface area contributed by atoms with Crippen molar-refractivity contribution in [1.29, 1.82) is 0 Å². The SMILES string of the molecule is Cc1ccc2c(c1)CCC1(CCN(CCCN)C1)O2. The van der Waals surface area contributed by atoms with Crippen molar-refractivity contribution >= 4 is 0 Å². The molecule has 0 amide bonds. The Hall–Kier alpha value is -1.06. The molecule has 1 atom stereocenters. The molecule has 1 spiro atoms. The molecular weight excluding hydrogens is 236 g/mol. The van der Waals surface area contributed by atoms with E-state index in [-0.39, 0.29) is 5.60 Å². The van der Waals surface area contributed by atoms with E-state index in [0.29, 0.717) is 0 Å². The lowest BCUT2D eigenvalue weighted by Crippen LogP contribution is -2.42. The Labute approximate surface area is 115 Å². The van der Waals surface area contributed by atoms with Crippen molar-refractivity contribution in [3.8, 4) is 5.75 Å². The molecule has 1 saturated heterocycles. The molecular formula is C16H24N2O. The van der Waals surface area contributed by atoms with Crippen LogP contribution in [0.5, 0.6) is 5.75 Å². The van der Waals surface area contributed by atoms with E-state index in [9.17, 15) is 0 Å². The first-order valence-electron chi connectivity index (χ1n) is 7.42. The molecule has 1 unspecified atom stereocenters. The molecule has 3 heteroatoms. The van der Waals surface area contributed by atoms with Crippen molar-refractivity contribution in [2.24, 2.45) is 5.73 Å². The molecule has 104 valence electrons. The van der Waals surface area contributed by atoms with Gasteiger partial charge >= 0.3 is 0 Å². The van der Waals surface area contributed by atoms with Crippen molar-refractivity contribution < 1.29 is 4.74 Å². The van der Waals surface area contributed by atoms with Gasteiger partial charge in [-0.15, -0.1) is 0 Å². The van der Waals surface area contributed by atoms with Crippen LogP contribution in [0.2, 0.25) is 0 Å². The van der Waals surface area contributed by atoms with Crippen LogP contribution in [0.15, 0.2) is 18.2 Å². The number of nitrogens with zero attached hydrogens (tertiary/aromatic N) is 1. The first-order valence-corrected chi connectivity index (χ1v) is 7.42. The Balaban J connectivity index is 1.70. The molecule has 2 aliphatic rings. The summed E-state index contributed by atoms with van der Waals surface area (Å²) in [4.78, 5) is 2.51. The van der Waals surface area contributed by atoms with E-state index in [2.05, 4.69) is 30.0 Å². The van der Waals surface area contributed by atoms with Gasteiger partial charge in [0.15, 0.2) is 0 Å². The summed E-state index contributed by atoms with van der Waals surface area (Å²) in [6.07, 6.45) is 4.56. The van der Waals surface area contributed by atoms with Crippen LogP contribution in [-0.4, -0.2) is 36.7 Å². The molecule has 1 aromatic rings. The fourth-order valence-electron chi connectivity index (χ4n) is 3.37. The maximum Gasteiger partial charge on any atom is 0.123 e. The molecule has 19 heavy (non-hydrogen) atoms. The first-order chi connectivity index (χ1) is 9.21. The Morgan fingerprint density at radius 1 is 1.37 bits per heavy atom. The van der Waals surface area contributed by atoms with Gasteiger partial charge < -0.3 is 10.5 Å². The molecule has 2 heterocycles. The number of aryl methyl sites for hydroxylation is 2. The second kappa shape index (κ2) is 5.14. The molecule has 3 nitrogen and oxygen atoms in total. The highest BCUT2D eigenvalue weighted by atomic mass is 16.5. The van der Waals surface area contributed by atoms with Gasteiger partial charge in [0.2, 0.25) is 0 Å². The fraction of sp³-hybridized carbons (Fsp3) is 0.625. The topological polar surface area (TPSA) is 38.5 Å². The highest BCUT2D eigenvalue weighted by Crippen LogP contribution is 2.38. The molecule has 2 N–H and O–H groups in total. The van der Waals surface area contributed by atoms with Gasteiger partial charge in [-0.05, 0) is 50.9 Å². The molecule has 3 rings (SSSR count). The van der Waals surface area contributed by atoms with Crippen molar-refractivity contribution in [3.63, 3.8) is 0 Å². The van der Waals surface area contributed by atoms with Crippen LogP contribution < -0.4 is 10.5 Å². The van der Waals surface area contributed by atoms with E-state index in [1.54, 1.807) is 0 Å². The average Bonchev–Trinajstić information content (AvgIpc) is 2.80. The van der Waals surface area contributed by atoms with Crippen molar-refractivity contribution in [3.05, 3.63) is 29.3 Å². The van der Waals surface area contributed by atoms with Gasteiger partial charge in [-0.2, -0.15) is 0 Å². The number of benzene rings is 1. The van der Waals surface area contributed by atoms with Gasteiger partial charge in [0, 0.05) is 19.5 Å². The van der Waals surface area contributed by atoms with Crippen LogP contribution in [0.1, 0.15) is 30.4 Å². The molecule has 0 aliphatic carbocycles. The van der Waals surface area contributed by atoms with E-state index in [1.807, 2.05) is 0 Å². The zero-order valence-corrected chi connectivity index (χ0v) is 11.8. The summed E-state index contributed by atoms with van der Waals surface area (Å²) < 4.78 is 6.37.